The summed E-state index contributed by atoms with van der Waals surface area (Å²) in [6, 6.07) is 14.8. The van der Waals surface area contributed by atoms with Crippen LogP contribution in [-0.2, 0) is 6.54 Å². The maximum atomic E-state index is 5.73. The van der Waals surface area contributed by atoms with E-state index >= 15 is 0 Å². The van der Waals surface area contributed by atoms with Gasteiger partial charge in [-0.15, -0.1) is 0 Å². The van der Waals surface area contributed by atoms with E-state index in [-0.39, 0.29) is 0 Å². The van der Waals surface area contributed by atoms with Crippen LogP contribution in [0, 0.1) is 4.77 Å². The number of methoxy groups -OCH3 is 1. The number of nitrogens with zero attached hydrogens (tertiary/aromatic N) is 2. The molecule has 0 amide bonds. The normalized spacial score (nSPS) is 13.7. The largest absolute Gasteiger partial charge is 0.497 e. The fourth-order valence-corrected chi connectivity index (χ4v) is 4.01. The predicted molar refractivity (Wildman–Crippen MR) is 123 cm³/mol. The van der Waals surface area contributed by atoms with Crippen LogP contribution < -0.4 is 4.74 Å². The monoisotopic (exact) mass is 402 g/mol. The van der Waals surface area contributed by atoms with Crippen molar-refractivity contribution < 1.29 is 4.74 Å². The Balaban J connectivity index is 1.89. The van der Waals surface area contributed by atoms with Crippen molar-refractivity contribution in [2.24, 2.45) is 0 Å². The van der Waals surface area contributed by atoms with Gasteiger partial charge in [0.25, 0.3) is 0 Å². The van der Waals surface area contributed by atoms with E-state index in [1.165, 1.54) is 11.1 Å². The number of rotatable bonds is 5. The standard InChI is InChI=1S/C25H26N2OS/c1-17(2)19-9-11-20(12-10-19)24-22-15-21(28-3)13-14-23(22)27(25(29)26-24)16-18-7-5-4-6-8-18/h5,7-15,17H,4,6,16H2,1-3H3. The lowest BCUT2D eigenvalue weighted by Crippen LogP contribution is -2.08. The van der Waals surface area contributed by atoms with Crippen LogP contribution in [0.3, 0.4) is 0 Å². The second-order valence-electron chi connectivity index (χ2n) is 7.75. The molecule has 0 radical (unpaired) electrons. The van der Waals surface area contributed by atoms with Gasteiger partial charge in [-0.05, 0) is 60.3 Å². The topological polar surface area (TPSA) is 27.1 Å². The van der Waals surface area contributed by atoms with Gasteiger partial charge in [-0.25, -0.2) is 4.98 Å². The van der Waals surface area contributed by atoms with E-state index < -0.39 is 0 Å². The Morgan fingerprint density at radius 1 is 1.10 bits per heavy atom. The van der Waals surface area contributed by atoms with Gasteiger partial charge < -0.3 is 9.30 Å². The van der Waals surface area contributed by atoms with Crippen molar-refractivity contribution in [3.63, 3.8) is 0 Å². The summed E-state index contributed by atoms with van der Waals surface area (Å²) in [7, 11) is 1.69. The lowest BCUT2D eigenvalue weighted by Gasteiger charge is -2.17. The highest BCUT2D eigenvalue weighted by molar-refractivity contribution is 7.71. The Morgan fingerprint density at radius 3 is 2.55 bits per heavy atom. The van der Waals surface area contributed by atoms with Gasteiger partial charge in [0.1, 0.15) is 5.75 Å². The Kier molecular flexibility index (Phi) is 5.63. The molecule has 0 unspecified atom stereocenters. The van der Waals surface area contributed by atoms with Gasteiger partial charge in [-0.3, -0.25) is 0 Å². The molecule has 4 heteroatoms. The fourth-order valence-electron chi connectivity index (χ4n) is 3.75. The highest BCUT2D eigenvalue weighted by atomic mass is 32.1. The first kappa shape index (κ1) is 19.6. The van der Waals surface area contributed by atoms with Gasteiger partial charge in [0.15, 0.2) is 0 Å². The van der Waals surface area contributed by atoms with E-state index in [2.05, 4.69) is 73.0 Å². The van der Waals surface area contributed by atoms with Gasteiger partial charge in [0.05, 0.1) is 24.9 Å². The van der Waals surface area contributed by atoms with Crippen molar-refractivity contribution in [3.05, 3.63) is 76.6 Å². The Morgan fingerprint density at radius 2 is 1.90 bits per heavy atom. The van der Waals surface area contributed by atoms with Gasteiger partial charge in [0, 0.05) is 10.9 Å². The average molecular weight is 403 g/mol. The summed E-state index contributed by atoms with van der Waals surface area (Å²) in [6.45, 7) is 5.14. The molecular formula is C25H26N2OS. The summed E-state index contributed by atoms with van der Waals surface area (Å²) in [4.78, 5) is 4.86. The number of hydrogen-bond donors (Lipinski definition) is 0. The van der Waals surface area contributed by atoms with Crippen molar-refractivity contribution >= 4 is 23.1 Å². The summed E-state index contributed by atoms with van der Waals surface area (Å²) in [5.74, 6) is 1.32. The van der Waals surface area contributed by atoms with E-state index in [0.29, 0.717) is 10.7 Å². The van der Waals surface area contributed by atoms with Crippen molar-refractivity contribution in [2.45, 2.75) is 39.2 Å². The zero-order valence-corrected chi connectivity index (χ0v) is 18.0. The Hall–Kier alpha value is -2.72. The third kappa shape index (κ3) is 4.03. The van der Waals surface area contributed by atoms with Crippen molar-refractivity contribution in [1.29, 1.82) is 0 Å². The molecule has 0 saturated carbocycles. The minimum absolute atomic E-state index is 0.498. The van der Waals surface area contributed by atoms with E-state index in [0.717, 1.165) is 47.3 Å². The molecule has 2 aromatic carbocycles. The lowest BCUT2D eigenvalue weighted by atomic mass is 9.99. The number of allylic oxidation sites excluding steroid dienone is 4. The van der Waals surface area contributed by atoms with Gasteiger partial charge in [-0.2, -0.15) is 0 Å². The molecule has 0 saturated heterocycles. The number of hydrogen-bond acceptors (Lipinski definition) is 3. The summed E-state index contributed by atoms with van der Waals surface area (Å²) < 4.78 is 8.22. The van der Waals surface area contributed by atoms with Crippen LogP contribution >= 0.6 is 12.2 Å². The van der Waals surface area contributed by atoms with Crippen molar-refractivity contribution in [1.82, 2.24) is 9.55 Å². The van der Waals surface area contributed by atoms with Crippen LogP contribution in [0.25, 0.3) is 22.2 Å². The first-order valence-corrected chi connectivity index (χ1v) is 10.5. The maximum Gasteiger partial charge on any atom is 0.200 e. The maximum absolute atomic E-state index is 5.73. The molecule has 0 atom stereocenters. The molecule has 0 aliphatic heterocycles. The first-order chi connectivity index (χ1) is 14.1. The van der Waals surface area contributed by atoms with E-state index in [1.54, 1.807) is 7.11 Å². The third-order valence-electron chi connectivity index (χ3n) is 5.45. The molecule has 0 spiro atoms. The molecule has 29 heavy (non-hydrogen) atoms. The molecule has 1 aliphatic rings. The molecule has 0 fully saturated rings. The van der Waals surface area contributed by atoms with Crippen LogP contribution in [0.4, 0.5) is 0 Å². The molecule has 3 nitrogen and oxygen atoms in total. The molecule has 0 bridgehead atoms. The lowest BCUT2D eigenvalue weighted by molar-refractivity contribution is 0.415. The van der Waals surface area contributed by atoms with Crippen LogP contribution in [-0.4, -0.2) is 16.7 Å². The molecule has 3 aromatic rings. The first-order valence-electron chi connectivity index (χ1n) is 10.1. The molecular weight excluding hydrogens is 376 g/mol. The zero-order valence-electron chi connectivity index (χ0n) is 17.2. The fraction of sp³-hybridized carbons (Fsp3) is 0.280. The Labute approximate surface area is 177 Å². The summed E-state index contributed by atoms with van der Waals surface area (Å²) in [5, 5.41) is 1.05. The van der Waals surface area contributed by atoms with Gasteiger partial charge in [-0.1, -0.05) is 56.3 Å². The highest BCUT2D eigenvalue weighted by Crippen LogP contribution is 2.31. The molecule has 1 aromatic heterocycles. The number of benzene rings is 2. The summed E-state index contributed by atoms with van der Waals surface area (Å²) in [5.41, 5.74) is 5.65. The molecule has 0 N–H and O–H groups in total. The van der Waals surface area contributed by atoms with Gasteiger partial charge >= 0.3 is 0 Å². The second-order valence-corrected chi connectivity index (χ2v) is 8.11. The zero-order chi connectivity index (χ0) is 20.4. The van der Waals surface area contributed by atoms with E-state index in [9.17, 15) is 0 Å². The van der Waals surface area contributed by atoms with Crippen LogP contribution in [0.5, 0.6) is 5.75 Å². The molecule has 148 valence electrons. The predicted octanol–water partition coefficient (Wildman–Crippen LogP) is 6.84. The van der Waals surface area contributed by atoms with E-state index in [4.69, 9.17) is 21.9 Å². The van der Waals surface area contributed by atoms with Gasteiger partial charge in [0.2, 0.25) is 4.77 Å². The quantitative estimate of drug-likeness (QED) is 0.437. The molecule has 1 heterocycles. The summed E-state index contributed by atoms with van der Waals surface area (Å²) in [6.07, 6.45) is 8.89. The minimum atomic E-state index is 0.498. The second kappa shape index (κ2) is 8.34. The van der Waals surface area contributed by atoms with Crippen LogP contribution in [0.2, 0.25) is 0 Å². The number of ether oxygens (including phenoxy) is 1. The minimum Gasteiger partial charge on any atom is -0.497 e. The average Bonchev–Trinajstić information content (AvgIpc) is 2.76. The summed E-state index contributed by atoms with van der Waals surface area (Å²) >= 11 is 5.73. The van der Waals surface area contributed by atoms with Crippen molar-refractivity contribution in [2.75, 3.05) is 7.11 Å². The van der Waals surface area contributed by atoms with Crippen molar-refractivity contribution in [3.8, 4) is 17.0 Å². The third-order valence-corrected chi connectivity index (χ3v) is 5.76. The Bertz CT molecular complexity index is 1150. The number of aromatic nitrogens is 2. The smallest absolute Gasteiger partial charge is 0.200 e. The SMILES string of the molecule is COc1ccc2c(c1)c(-c1ccc(C(C)C)cc1)nc(=S)n2CC1=CCCC=C1. The molecule has 1 aliphatic carbocycles. The van der Waals surface area contributed by atoms with Crippen LogP contribution in [0.15, 0.2) is 66.3 Å². The van der Waals surface area contributed by atoms with Crippen LogP contribution in [0.1, 0.15) is 38.2 Å². The van der Waals surface area contributed by atoms with E-state index in [1.807, 2.05) is 6.07 Å². The molecule has 4 rings (SSSR count). The highest BCUT2D eigenvalue weighted by Gasteiger charge is 2.13. The number of fused-ring (bicyclic) bond motifs is 1.